The molecule has 2 N–H and O–H groups in total. The number of hydrogen-bond acceptors (Lipinski definition) is 5. The van der Waals surface area contributed by atoms with E-state index in [1.165, 1.54) is 4.70 Å². The molecule has 0 aliphatic carbocycles. The van der Waals surface area contributed by atoms with Crippen LogP contribution in [0, 0.1) is 6.92 Å². The molecule has 0 spiro atoms. The number of aryl methyl sites for hydroxylation is 2. The summed E-state index contributed by atoms with van der Waals surface area (Å²) < 4.78 is 3.99. The van der Waals surface area contributed by atoms with Crippen LogP contribution in [0.1, 0.15) is 5.69 Å². The van der Waals surface area contributed by atoms with Crippen molar-refractivity contribution in [2.45, 2.75) is 16.3 Å². The molecule has 0 fully saturated rings. The first kappa shape index (κ1) is 11.6. The smallest absolute Gasteiger partial charge is 0.157 e. The maximum absolute atomic E-state index is 6.02. The Morgan fingerprint density at radius 2 is 2.11 bits per heavy atom. The van der Waals surface area contributed by atoms with E-state index in [4.69, 9.17) is 5.73 Å². The SMILES string of the molecule is Cc1nn(C)c(Sc2nc3ccccc3s2)c1N. The fourth-order valence-corrected chi connectivity index (χ4v) is 3.86. The Labute approximate surface area is 113 Å². The second-order valence-corrected chi connectivity index (χ2v) is 6.24. The van der Waals surface area contributed by atoms with Crippen LogP contribution in [0.3, 0.4) is 0 Å². The Morgan fingerprint density at radius 3 is 2.78 bits per heavy atom. The largest absolute Gasteiger partial charge is 0.395 e. The number of thiazole rings is 1. The normalized spacial score (nSPS) is 11.2. The standard InChI is InChI=1S/C12H12N4S2/c1-7-10(13)11(16(2)15-7)18-12-14-8-5-3-4-6-9(8)17-12/h3-6H,13H2,1-2H3. The van der Waals surface area contributed by atoms with Gasteiger partial charge in [0.1, 0.15) is 5.03 Å². The van der Waals surface area contributed by atoms with Crippen LogP contribution in [0.5, 0.6) is 0 Å². The highest BCUT2D eigenvalue weighted by atomic mass is 32.2. The first-order valence-electron chi connectivity index (χ1n) is 5.47. The van der Waals surface area contributed by atoms with Gasteiger partial charge in [-0.3, -0.25) is 4.68 Å². The number of nitrogens with two attached hydrogens (primary N) is 1. The van der Waals surface area contributed by atoms with Crippen LogP contribution >= 0.6 is 23.1 Å². The van der Waals surface area contributed by atoms with Gasteiger partial charge >= 0.3 is 0 Å². The summed E-state index contributed by atoms with van der Waals surface area (Å²) in [5.74, 6) is 0. The summed E-state index contributed by atoms with van der Waals surface area (Å²) in [7, 11) is 1.90. The van der Waals surface area contributed by atoms with E-state index in [1.54, 1.807) is 27.8 Å². The molecule has 0 saturated heterocycles. The Hall–Kier alpha value is -1.53. The van der Waals surface area contributed by atoms with E-state index in [1.807, 2.05) is 32.2 Å². The molecule has 2 heterocycles. The molecule has 0 radical (unpaired) electrons. The predicted octanol–water partition coefficient (Wildman–Crippen LogP) is 3.07. The van der Waals surface area contributed by atoms with Crippen LogP contribution in [0.4, 0.5) is 5.69 Å². The van der Waals surface area contributed by atoms with Gasteiger partial charge in [0.05, 0.1) is 21.6 Å². The summed E-state index contributed by atoms with van der Waals surface area (Å²) in [5.41, 5.74) is 8.65. The van der Waals surface area contributed by atoms with Gasteiger partial charge < -0.3 is 5.73 Å². The molecule has 6 heteroatoms. The Bertz CT molecular complexity index is 681. The van der Waals surface area contributed by atoms with Gasteiger partial charge in [0.2, 0.25) is 0 Å². The molecule has 92 valence electrons. The maximum atomic E-state index is 6.02. The van der Waals surface area contributed by atoms with Gasteiger partial charge in [0.15, 0.2) is 4.34 Å². The highest BCUT2D eigenvalue weighted by Gasteiger charge is 2.13. The van der Waals surface area contributed by atoms with Crippen molar-refractivity contribution in [2.24, 2.45) is 7.05 Å². The number of para-hydroxylation sites is 1. The molecular weight excluding hydrogens is 264 g/mol. The number of aromatic nitrogens is 3. The number of rotatable bonds is 2. The third-order valence-electron chi connectivity index (χ3n) is 2.67. The molecule has 0 aliphatic rings. The topological polar surface area (TPSA) is 56.7 Å². The summed E-state index contributed by atoms with van der Waals surface area (Å²) in [6.45, 7) is 1.91. The zero-order valence-electron chi connectivity index (χ0n) is 10.0. The summed E-state index contributed by atoms with van der Waals surface area (Å²) in [4.78, 5) is 4.58. The predicted molar refractivity (Wildman–Crippen MR) is 76.1 cm³/mol. The molecule has 0 atom stereocenters. The lowest BCUT2D eigenvalue weighted by molar-refractivity contribution is 0.693. The Kier molecular flexibility index (Phi) is 2.76. The number of hydrogen-bond donors (Lipinski definition) is 1. The fraction of sp³-hybridized carbons (Fsp3) is 0.167. The van der Waals surface area contributed by atoms with Crippen molar-refractivity contribution in [3.8, 4) is 0 Å². The summed E-state index contributed by atoms with van der Waals surface area (Å²) >= 11 is 3.24. The molecule has 1 aromatic carbocycles. The van der Waals surface area contributed by atoms with E-state index in [0.29, 0.717) is 0 Å². The molecule has 2 aromatic heterocycles. The molecule has 0 unspecified atom stereocenters. The Balaban J connectivity index is 2.01. The summed E-state index contributed by atoms with van der Waals surface area (Å²) in [5, 5.41) is 5.26. The molecule has 18 heavy (non-hydrogen) atoms. The summed E-state index contributed by atoms with van der Waals surface area (Å²) in [6, 6.07) is 8.12. The van der Waals surface area contributed by atoms with Crippen LogP contribution < -0.4 is 5.73 Å². The lowest BCUT2D eigenvalue weighted by Crippen LogP contribution is -1.93. The zero-order chi connectivity index (χ0) is 12.7. The van der Waals surface area contributed by atoms with E-state index in [2.05, 4.69) is 16.1 Å². The van der Waals surface area contributed by atoms with Crippen LogP contribution in [-0.2, 0) is 7.05 Å². The average Bonchev–Trinajstić information content (AvgIpc) is 2.86. The Morgan fingerprint density at radius 1 is 1.33 bits per heavy atom. The average molecular weight is 276 g/mol. The van der Waals surface area contributed by atoms with Gasteiger partial charge in [0.25, 0.3) is 0 Å². The molecular formula is C12H12N4S2. The van der Waals surface area contributed by atoms with Crippen molar-refractivity contribution in [2.75, 3.05) is 5.73 Å². The summed E-state index contributed by atoms with van der Waals surface area (Å²) in [6.07, 6.45) is 0. The van der Waals surface area contributed by atoms with Crippen LogP contribution in [0.2, 0.25) is 0 Å². The first-order valence-corrected chi connectivity index (χ1v) is 7.11. The van der Waals surface area contributed by atoms with Crippen molar-refractivity contribution < 1.29 is 0 Å². The van der Waals surface area contributed by atoms with Gasteiger partial charge in [-0.1, -0.05) is 12.1 Å². The quantitative estimate of drug-likeness (QED) is 0.781. The minimum Gasteiger partial charge on any atom is -0.395 e. The van der Waals surface area contributed by atoms with Gasteiger partial charge in [-0.15, -0.1) is 11.3 Å². The second-order valence-electron chi connectivity index (χ2n) is 3.98. The molecule has 0 amide bonds. The van der Waals surface area contributed by atoms with Crippen molar-refractivity contribution in [1.29, 1.82) is 0 Å². The highest BCUT2D eigenvalue weighted by molar-refractivity contribution is 8.01. The van der Waals surface area contributed by atoms with E-state index < -0.39 is 0 Å². The number of fused-ring (bicyclic) bond motifs is 1. The number of nitrogen functional groups attached to an aromatic ring is 1. The van der Waals surface area contributed by atoms with E-state index in [9.17, 15) is 0 Å². The van der Waals surface area contributed by atoms with Gasteiger partial charge in [-0.2, -0.15) is 5.10 Å². The molecule has 0 aliphatic heterocycles. The van der Waals surface area contributed by atoms with Crippen molar-refractivity contribution in [1.82, 2.24) is 14.8 Å². The van der Waals surface area contributed by atoms with E-state index >= 15 is 0 Å². The zero-order valence-corrected chi connectivity index (χ0v) is 11.7. The van der Waals surface area contributed by atoms with Gasteiger partial charge in [-0.25, -0.2) is 4.98 Å². The lowest BCUT2D eigenvalue weighted by Gasteiger charge is -1.99. The fourth-order valence-electron chi connectivity index (χ4n) is 1.75. The van der Waals surface area contributed by atoms with Crippen molar-refractivity contribution in [3.63, 3.8) is 0 Å². The molecule has 3 rings (SSSR count). The number of anilines is 1. The number of nitrogens with zero attached hydrogens (tertiary/aromatic N) is 3. The van der Waals surface area contributed by atoms with Crippen LogP contribution in [0.15, 0.2) is 33.6 Å². The minimum absolute atomic E-state index is 0.738. The van der Waals surface area contributed by atoms with Crippen LogP contribution in [-0.4, -0.2) is 14.8 Å². The van der Waals surface area contributed by atoms with Crippen molar-refractivity contribution in [3.05, 3.63) is 30.0 Å². The second kappa shape index (κ2) is 4.29. The highest BCUT2D eigenvalue weighted by Crippen LogP contribution is 2.37. The van der Waals surface area contributed by atoms with Crippen molar-refractivity contribution >= 4 is 39.0 Å². The third-order valence-corrected chi connectivity index (χ3v) is 4.95. The van der Waals surface area contributed by atoms with Gasteiger partial charge in [0, 0.05) is 7.05 Å². The first-order chi connectivity index (χ1) is 8.65. The lowest BCUT2D eigenvalue weighted by atomic mass is 10.3. The molecule has 4 nitrogen and oxygen atoms in total. The third kappa shape index (κ3) is 1.87. The molecule has 0 bridgehead atoms. The number of benzene rings is 1. The minimum atomic E-state index is 0.738. The van der Waals surface area contributed by atoms with Gasteiger partial charge in [-0.05, 0) is 30.8 Å². The maximum Gasteiger partial charge on any atom is 0.157 e. The monoisotopic (exact) mass is 276 g/mol. The van der Waals surface area contributed by atoms with E-state index in [0.717, 1.165) is 26.3 Å². The molecule has 3 aromatic rings. The van der Waals surface area contributed by atoms with Crippen LogP contribution in [0.25, 0.3) is 10.2 Å². The molecule has 0 saturated carbocycles. The van der Waals surface area contributed by atoms with E-state index in [-0.39, 0.29) is 0 Å².